The maximum Gasteiger partial charge on any atom is 0.339 e. The molecule has 0 bridgehead atoms. The van der Waals surface area contributed by atoms with Crippen LogP contribution in [0.15, 0.2) is 24.3 Å². The van der Waals surface area contributed by atoms with Crippen LogP contribution in [0.4, 0.5) is 5.69 Å². The van der Waals surface area contributed by atoms with Gasteiger partial charge >= 0.3 is 5.97 Å². The molecule has 0 radical (unpaired) electrons. The molecule has 2 unspecified atom stereocenters. The summed E-state index contributed by atoms with van der Waals surface area (Å²) in [6, 6.07) is 8.40. The number of methoxy groups -OCH3 is 1. The van der Waals surface area contributed by atoms with Crippen LogP contribution in [0.1, 0.15) is 49.4 Å². The lowest BCUT2D eigenvalue weighted by Crippen LogP contribution is -2.33. The molecule has 4 nitrogen and oxygen atoms in total. The summed E-state index contributed by atoms with van der Waals surface area (Å²) in [6.07, 6.45) is 6.23. The molecule has 0 aromatic heterocycles. The molecule has 2 N–H and O–H groups in total. The van der Waals surface area contributed by atoms with Crippen LogP contribution in [0.2, 0.25) is 0 Å². The van der Waals surface area contributed by atoms with Crippen LogP contribution in [0.25, 0.3) is 0 Å². The van der Waals surface area contributed by atoms with E-state index in [1.54, 1.807) is 6.07 Å². The summed E-state index contributed by atoms with van der Waals surface area (Å²) in [7, 11) is 1.41. The molecule has 1 aromatic rings. The minimum absolute atomic E-state index is 0.294. The van der Waals surface area contributed by atoms with Gasteiger partial charge in [0, 0.05) is 17.8 Å². The van der Waals surface area contributed by atoms with E-state index in [4.69, 9.17) is 4.74 Å². The van der Waals surface area contributed by atoms with Crippen molar-refractivity contribution in [2.75, 3.05) is 19.0 Å². The Morgan fingerprint density at radius 3 is 3.00 bits per heavy atom. The number of para-hydroxylation sites is 1. The number of carbonyl (C=O) groups is 1. The van der Waals surface area contributed by atoms with Crippen molar-refractivity contribution in [3.05, 3.63) is 29.8 Å². The lowest BCUT2D eigenvalue weighted by atomic mass is 10.0. The molecule has 1 fully saturated rings. The van der Waals surface area contributed by atoms with Crippen molar-refractivity contribution in [1.29, 1.82) is 0 Å². The van der Waals surface area contributed by atoms with E-state index >= 15 is 0 Å². The van der Waals surface area contributed by atoms with E-state index in [0.29, 0.717) is 17.6 Å². The van der Waals surface area contributed by atoms with Gasteiger partial charge in [0.1, 0.15) is 0 Å². The zero-order valence-corrected chi connectivity index (χ0v) is 13.0. The Hall–Kier alpha value is -1.55. The molecular weight excluding hydrogens is 264 g/mol. The Labute approximate surface area is 127 Å². The van der Waals surface area contributed by atoms with Gasteiger partial charge in [-0.15, -0.1) is 0 Å². The highest BCUT2D eigenvalue weighted by molar-refractivity contribution is 5.95. The maximum atomic E-state index is 11.8. The van der Waals surface area contributed by atoms with Crippen molar-refractivity contribution >= 4 is 11.7 Å². The van der Waals surface area contributed by atoms with Crippen LogP contribution in [0.3, 0.4) is 0 Å². The van der Waals surface area contributed by atoms with Crippen LogP contribution in [0.5, 0.6) is 0 Å². The number of esters is 1. The summed E-state index contributed by atoms with van der Waals surface area (Å²) >= 11 is 0. The molecule has 4 heteroatoms. The second kappa shape index (κ2) is 8.03. The first-order valence-corrected chi connectivity index (χ1v) is 7.88. The highest BCUT2D eigenvalue weighted by atomic mass is 16.5. The molecule has 116 valence electrons. The Balaban J connectivity index is 1.95. The van der Waals surface area contributed by atoms with Crippen molar-refractivity contribution in [2.45, 2.75) is 51.1 Å². The fourth-order valence-corrected chi connectivity index (χ4v) is 2.95. The molecule has 1 saturated heterocycles. The molecule has 1 heterocycles. The number of hydrogen-bond donors (Lipinski definition) is 2. The summed E-state index contributed by atoms with van der Waals surface area (Å²) < 4.78 is 4.83. The zero-order valence-electron chi connectivity index (χ0n) is 13.0. The predicted molar refractivity (Wildman–Crippen MR) is 85.7 cm³/mol. The molecule has 1 aromatic carbocycles. The van der Waals surface area contributed by atoms with E-state index < -0.39 is 0 Å². The van der Waals surface area contributed by atoms with Crippen molar-refractivity contribution in [1.82, 2.24) is 5.32 Å². The number of nitrogens with one attached hydrogen (secondary N) is 2. The molecule has 0 aliphatic carbocycles. The van der Waals surface area contributed by atoms with Crippen molar-refractivity contribution in [2.24, 2.45) is 0 Å². The van der Waals surface area contributed by atoms with Gasteiger partial charge in [-0.25, -0.2) is 4.79 Å². The van der Waals surface area contributed by atoms with Gasteiger partial charge in [0.05, 0.1) is 12.7 Å². The number of ether oxygens (including phenoxy) is 1. The number of carbonyl (C=O) groups excluding carboxylic acids is 1. The highest BCUT2D eigenvalue weighted by Crippen LogP contribution is 2.19. The lowest BCUT2D eigenvalue weighted by molar-refractivity contribution is 0.0602. The molecule has 21 heavy (non-hydrogen) atoms. The Morgan fingerprint density at radius 1 is 1.38 bits per heavy atom. The second-order valence-electron chi connectivity index (χ2n) is 5.82. The molecule has 1 aliphatic rings. The number of anilines is 1. The Kier molecular flexibility index (Phi) is 6.05. The van der Waals surface area contributed by atoms with Gasteiger partial charge in [0.15, 0.2) is 0 Å². The third kappa shape index (κ3) is 4.74. The van der Waals surface area contributed by atoms with E-state index in [9.17, 15) is 4.79 Å². The van der Waals surface area contributed by atoms with Crippen LogP contribution < -0.4 is 10.6 Å². The van der Waals surface area contributed by atoms with E-state index in [0.717, 1.165) is 18.7 Å². The van der Waals surface area contributed by atoms with Crippen LogP contribution in [-0.2, 0) is 4.74 Å². The van der Waals surface area contributed by atoms with E-state index in [1.165, 1.54) is 32.8 Å². The fourth-order valence-electron chi connectivity index (χ4n) is 2.95. The average Bonchev–Trinajstić information content (AvgIpc) is 2.75. The van der Waals surface area contributed by atoms with Gasteiger partial charge in [-0.2, -0.15) is 0 Å². The fraction of sp³-hybridized carbons (Fsp3) is 0.588. The minimum Gasteiger partial charge on any atom is -0.465 e. The van der Waals surface area contributed by atoms with Crippen LogP contribution in [0, 0.1) is 0 Å². The monoisotopic (exact) mass is 290 g/mol. The molecule has 2 atom stereocenters. The molecule has 2 rings (SSSR count). The van der Waals surface area contributed by atoms with Gasteiger partial charge < -0.3 is 15.4 Å². The molecule has 0 spiro atoms. The zero-order chi connectivity index (χ0) is 15.1. The summed E-state index contributed by atoms with van der Waals surface area (Å²) in [6.45, 7) is 3.29. The maximum absolute atomic E-state index is 11.8. The summed E-state index contributed by atoms with van der Waals surface area (Å²) in [5, 5.41) is 7.07. The van der Waals surface area contributed by atoms with Crippen molar-refractivity contribution < 1.29 is 9.53 Å². The highest BCUT2D eigenvalue weighted by Gasteiger charge is 2.17. The number of rotatable bonds is 5. The molecule has 1 aliphatic heterocycles. The standard InChI is InChI=1S/C17H26N2O2/c1-13(12-14-8-4-3-7-11-18-14)19-16-10-6-5-9-15(16)17(20)21-2/h5-6,9-10,13-14,18-19H,3-4,7-8,11-12H2,1-2H3. The van der Waals surface area contributed by atoms with E-state index in [1.807, 2.05) is 18.2 Å². The normalized spacial score (nSPS) is 20.4. The van der Waals surface area contributed by atoms with Crippen molar-refractivity contribution in [3.63, 3.8) is 0 Å². The van der Waals surface area contributed by atoms with Crippen LogP contribution in [-0.4, -0.2) is 31.7 Å². The van der Waals surface area contributed by atoms with Gasteiger partial charge in [0.25, 0.3) is 0 Å². The first kappa shape index (κ1) is 15.8. The second-order valence-corrected chi connectivity index (χ2v) is 5.82. The van der Waals surface area contributed by atoms with Gasteiger partial charge in [0.2, 0.25) is 0 Å². The SMILES string of the molecule is COC(=O)c1ccccc1NC(C)CC1CCCCCN1. The van der Waals surface area contributed by atoms with Crippen molar-refractivity contribution in [3.8, 4) is 0 Å². The smallest absolute Gasteiger partial charge is 0.339 e. The number of hydrogen-bond acceptors (Lipinski definition) is 4. The third-order valence-electron chi connectivity index (χ3n) is 4.03. The lowest BCUT2D eigenvalue weighted by Gasteiger charge is -2.23. The quantitative estimate of drug-likeness (QED) is 0.818. The minimum atomic E-state index is -0.294. The molecule has 0 saturated carbocycles. The Bertz CT molecular complexity index is 454. The summed E-state index contributed by atoms with van der Waals surface area (Å²) in [5.74, 6) is -0.294. The van der Waals surface area contributed by atoms with E-state index in [2.05, 4.69) is 17.6 Å². The third-order valence-corrected chi connectivity index (χ3v) is 4.03. The molecule has 0 amide bonds. The Morgan fingerprint density at radius 2 is 2.19 bits per heavy atom. The summed E-state index contributed by atoms with van der Waals surface area (Å²) in [5.41, 5.74) is 1.45. The average molecular weight is 290 g/mol. The van der Waals surface area contributed by atoms with Gasteiger partial charge in [-0.1, -0.05) is 25.0 Å². The van der Waals surface area contributed by atoms with Gasteiger partial charge in [-0.3, -0.25) is 0 Å². The van der Waals surface area contributed by atoms with Crippen LogP contribution >= 0.6 is 0 Å². The predicted octanol–water partition coefficient (Wildman–Crippen LogP) is 3.20. The van der Waals surface area contributed by atoms with E-state index in [-0.39, 0.29) is 5.97 Å². The molecular formula is C17H26N2O2. The largest absolute Gasteiger partial charge is 0.465 e. The van der Waals surface area contributed by atoms with Gasteiger partial charge in [-0.05, 0) is 44.9 Å². The first-order valence-electron chi connectivity index (χ1n) is 7.88. The number of benzene rings is 1. The first-order chi connectivity index (χ1) is 10.2. The topological polar surface area (TPSA) is 50.4 Å². The summed E-state index contributed by atoms with van der Waals surface area (Å²) in [4.78, 5) is 11.8.